The molecule has 1 rings (SSSR count). The SMILES string of the molecule is O=C(O)Cc1ccc(NC(=O)CCOCC(F)F)cn1. The number of carbonyl (C=O) groups excluding carboxylic acids is 1. The molecule has 0 unspecified atom stereocenters. The standard InChI is InChI=1S/C12H14F2N2O4/c13-10(14)7-20-4-3-11(17)16-9-2-1-8(15-6-9)5-12(18)19/h1-2,6,10H,3-5,7H2,(H,16,17)(H,18,19). The lowest BCUT2D eigenvalue weighted by Crippen LogP contribution is -2.16. The van der Waals surface area contributed by atoms with Crippen molar-refractivity contribution in [2.75, 3.05) is 18.5 Å². The van der Waals surface area contributed by atoms with Gasteiger partial charge in [-0.3, -0.25) is 14.6 Å². The number of nitrogens with zero attached hydrogens (tertiary/aromatic N) is 1. The highest BCUT2D eigenvalue weighted by Gasteiger charge is 2.06. The van der Waals surface area contributed by atoms with Gasteiger partial charge in [-0.25, -0.2) is 8.78 Å². The Morgan fingerprint density at radius 1 is 1.40 bits per heavy atom. The Balaban J connectivity index is 2.33. The summed E-state index contributed by atoms with van der Waals surface area (Å²) < 4.78 is 28.1. The van der Waals surface area contributed by atoms with E-state index in [0.29, 0.717) is 11.4 Å². The third-order valence-corrected chi connectivity index (χ3v) is 2.16. The number of rotatable bonds is 8. The van der Waals surface area contributed by atoms with Crippen molar-refractivity contribution in [1.82, 2.24) is 4.98 Å². The summed E-state index contributed by atoms with van der Waals surface area (Å²) in [6.45, 7) is -0.792. The highest BCUT2D eigenvalue weighted by atomic mass is 19.3. The molecule has 0 aliphatic carbocycles. The van der Waals surface area contributed by atoms with Crippen LogP contribution >= 0.6 is 0 Å². The van der Waals surface area contributed by atoms with Crippen molar-refractivity contribution in [1.29, 1.82) is 0 Å². The molecule has 0 atom stereocenters. The summed E-state index contributed by atoms with van der Waals surface area (Å²) in [6.07, 6.45) is -1.47. The Hall–Kier alpha value is -2.09. The van der Waals surface area contributed by atoms with Gasteiger partial charge in [-0.2, -0.15) is 0 Å². The summed E-state index contributed by atoms with van der Waals surface area (Å²) in [7, 11) is 0. The second-order valence-corrected chi connectivity index (χ2v) is 3.87. The molecule has 1 aromatic heterocycles. The van der Waals surface area contributed by atoms with E-state index in [1.807, 2.05) is 0 Å². The van der Waals surface area contributed by atoms with Crippen molar-refractivity contribution in [3.05, 3.63) is 24.0 Å². The normalized spacial score (nSPS) is 10.6. The molecular formula is C12H14F2N2O4. The summed E-state index contributed by atoms with van der Waals surface area (Å²) >= 11 is 0. The predicted octanol–water partition coefficient (Wildman–Crippen LogP) is 1.32. The van der Waals surface area contributed by atoms with Crippen LogP contribution < -0.4 is 5.32 Å². The van der Waals surface area contributed by atoms with Gasteiger partial charge in [-0.1, -0.05) is 0 Å². The van der Waals surface area contributed by atoms with Crippen molar-refractivity contribution < 1.29 is 28.2 Å². The van der Waals surface area contributed by atoms with Gasteiger partial charge in [0.05, 0.1) is 37.0 Å². The molecule has 1 amide bonds. The molecule has 0 bridgehead atoms. The van der Waals surface area contributed by atoms with Gasteiger partial charge < -0.3 is 15.2 Å². The Morgan fingerprint density at radius 3 is 2.70 bits per heavy atom. The molecule has 110 valence electrons. The third kappa shape index (κ3) is 6.74. The number of hydrogen-bond donors (Lipinski definition) is 2. The van der Waals surface area contributed by atoms with Gasteiger partial charge in [-0.15, -0.1) is 0 Å². The highest BCUT2D eigenvalue weighted by Crippen LogP contribution is 2.07. The van der Waals surface area contributed by atoms with Gasteiger partial charge in [0.1, 0.15) is 6.61 Å². The van der Waals surface area contributed by atoms with Crippen LogP contribution in [-0.2, 0) is 20.7 Å². The van der Waals surface area contributed by atoms with E-state index in [1.54, 1.807) is 0 Å². The molecule has 0 saturated heterocycles. The molecule has 0 radical (unpaired) electrons. The fourth-order valence-corrected chi connectivity index (χ4v) is 1.32. The average molecular weight is 288 g/mol. The molecular weight excluding hydrogens is 274 g/mol. The average Bonchev–Trinajstić information content (AvgIpc) is 2.36. The first-order valence-electron chi connectivity index (χ1n) is 5.80. The van der Waals surface area contributed by atoms with Crippen LogP contribution in [0.5, 0.6) is 0 Å². The number of pyridine rings is 1. The number of halogens is 2. The van der Waals surface area contributed by atoms with Crippen molar-refractivity contribution in [3.63, 3.8) is 0 Å². The summed E-state index contributed by atoms with van der Waals surface area (Å²) in [6, 6.07) is 3.00. The minimum absolute atomic E-state index is 0.0520. The first-order valence-corrected chi connectivity index (χ1v) is 5.80. The zero-order valence-electron chi connectivity index (χ0n) is 10.5. The minimum atomic E-state index is -2.55. The van der Waals surface area contributed by atoms with Crippen molar-refractivity contribution in [2.24, 2.45) is 0 Å². The fourth-order valence-electron chi connectivity index (χ4n) is 1.32. The van der Waals surface area contributed by atoms with Gasteiger partial charge in [-0.05, 0) is 12.1 Å². The molecule has 2 N–H and O–H groups in total. The maximum absolute atomic E-state index is 11.8. The first kappa shape index (κ1) is 16.0. The monoisotopic (exact) mass is 288 g/mol. The van der Waals surface area contributed by atoms with Crippen LogP contribution in [0.25, 0.3) is 0 Å². The number of alkyl halides is 2. The Kier molecular flexibility index (Phi) is 6.51. The van der Waals surface area contributed by atoms with Crippen molar-refractivity contribution in [2.45, 2.75) is 19.3 Å². The van der Waals surface area contributed by atoms with Crippen LogP contribution in [0.15, 0.2) is 18.3 Å². The second-order valence-electron chi connectivity index (χ2n) is 3.87. The Labute approximate surface area is 113 Å². The number of carboxylic acid groups (broad SMARTS) is 1. The molecule has 1 aromatic rings. The van der Waals surface area contributed by atoms with E-state index in [2.05, 4.69) is 15.0 Å². The van der Waals surface area contributed by atoms with Gasteiger partial charge in [0.15, 0.2) is 0 Å². The molecule has 6 nitrogen and oxygen atoms in total. The number of amides is 1. The summed E-state index contributed by atoms with van der Waals surface area (Å²) in [4.78, 5) is 25.7. The lowest BCUT2D eigenvalue weighted by molar-refractivity contribution is -0.136. The third-order valence-electron chi connectivity index (χ3n) is 2.16. The second kappa shape index (κ2) is 8.16. The van der Waals surface area contributed by atoms with E-state index < -0.39 is 24.9 Å². The molecule has 0 spiro atoms. The van der Waals surface area contributed by atoms with Crippen LogP contribution in [0.3, 0.4) is 0 Å². The lowest BCUT2D eigenvalue weighted by atomic mass is 10.2. The highest BCUT2D eigenvalue weighted by molar-refractivity contribution is 5.90. The van der Waals surface area contributed by atoms with Gasteiger partial charge >= 0.3 is 5.97 Å². The lowest BCUT2D eigenvalue weighted by Gasteiger charge is -2.06. The number of carbonyl (C=O) groups is 2. The molecule has 0 saturated carbocycles. The van der Waals surface area contributed by atoms with Crippen molar-refractivity contribution >= 4 is 17.6 Å². The number of ether oxygens (including phenoxy) is 1. The van der Waals surface area contributed by atoms with Gasteiger partial charge in [0.2, 0.25) is 5.91 Å². The molecule has 0 aliphatic heterocycles. The van der Waals surface area contributed by atoms with Gasteiger partial charge in [0, 0.05) is 0 Å². The molecule has 20 heavy (non-hydrogen) atoms. The van der Waals surface area contributed by atoms with E-state index in [4.69, 9.17) is 5.11 Å². The predicted molar refractivity (Wildman–Crippen MR) is 65.6 cm³/mol. The van der Waals surface area contributed by atoms with Gasteiger partial charge in [0.25, 0.3) is 6.43 Å². The number of anilines is 1. The molecule has 8 heteroatoms. The largest absolute Gasteiger partial charge is 0.481 e. The zero-order chi connectivity index (χ0) is 15.0. The number of aromatic nitrogens is 1. The minimum Gasteiger partial charge on any atom is -0.481 e. The number of carboxylic acids is 1. The Bertz CT molecular complexity index is 451. The van der Waals surface area contributed by atoms with E-state index in [9.17, 15) is 18.4 Å². The maximum Gasteiger partial charge on any atom is 0.309 e. The number of hydrogen-bond acceptors (Lipinski definition) is 4. The smallest absolute Gasteiger partial charge is 0.309 e. The van der Waals surface area contributed by atoms with Crippen LogP contribution in [0.4, 0.5) is 14.5 Å². The van der Waals surface area contributed by atoms with Crippen molar-refractivity contribution in [3.8, 4) is 0 Å². The number of nitrogens with one attached hydrogen (secondary N) is 1. The van der Waals surface area contributed by atoms with Crippen LogP contribution in [-0.4, -0.2) is 41.6 Å². The quantitative estimate of drug-likeness (QED) is 0.704. The molecule has 0 aliphatic rings. The van der Waals surface area contributed by atoms with Crippen LogP contribution in [0.2, 0.25) is 0 Å². The maximum atomic E-state index is 11.8. The summed E-state index contributed by atoms with van der Waals surface area (Å²) in [5.41, 5.74) is 0.772. The fraction of sp³-hybridized carbons (Fsp3) is 0.417. The number of aliphatic carboxylic acids is 1. The van der Waals surface area contributed by atoms with E-state index in [1.165, 1.54) is 18.3 Å². The topological polar surface area (TPSA) is 88.5 Å². The summed E-state index contributed by atoms with van der Waals surface area (Å²) in [5, 5.41) is 11.1. The molecule has 0 fully saturated rings. The van der Waals surface area contributed by atoms with E-state index in [0.717, 1.165) is 0 Å². The van der Waals surface area contributed by atoms with E-state index >= 15 is 0 Å². The van der Waals surface area contributed by atoms with Crippen LogP contribution in [0, 0.1) is 0 Å². The molecule has 1 heterocycles. The summed E-state index contributed by atoms with van der Waals surface area (Å²) in [5.74, 6) is -1.39. The molecule has 0 aromatic carbocycles. The Morgan fingerprint density at radius 2 is 2.15 bits per heavy atom. The van der Waals surface area contributed by atoms with Crippen LogP contribution in [0.1, 0.15) is 12.1 Å². The van der Waals surface area contributed by atoms with E-state index in [-0.39, 0.29) is 19.4 Å². The first-order chi connectivity index (χ1) is 9.47. The zero-order valence-corrected chi connectivity index (χ0v) is 10.5.